The molecule has 36 heavy (non-hydrogen) atoms. The van der Waals surface area contributed by atoms with Crippen LogP contribution in [-0.4, -0.2) is 55.9 Å². The van der Waals surface area contributed by atoms with Crippen LogP contribution < -0.4 is 5.32 Å². The van der Waals surface area contributed by atoms with E-state index in [0.29, 0.717) is 35.5 Å². The lowest BCUT2D eigenvalue weighted by Gasteiger charge is -2.11. The van der Waals surface area contributed by atoms with Crippen molar-refractivity contribution in [2.45, 2.75) is 37.0 Å². The summed E-state index contributed by atoms with van der Waals surface area (Å²) >= 11 is 0. The molecule has 0 spiro atoms. The molecular weight excluding hydrogens is 478 g/mol. The molecule has 4 aromatic rings. The Hall–Kier alpha value is -3.31. The van der Waals surface area contributed by atoms with Gasteiger partial charge in [0.05, 0.1) is 28.4 Å². The van der Waals surface area contributed by atoms with E-state index in [1.807, 2.05) is 69.4 Å². The number of benzene rings is 2. The molecule has 0 saturated carbocycles. The number of nitrogens with one attached hydrogen (secondary N) is 1. The number of aryl methyl sites for hydroxylation is 1. The van der Waals surface area contributed by atoms with E-state index < -0.39 is 10.8 Å². The maximum Gasteiger partial charge on any atom is 0.268 e. The summed E-state index contributed by atoms with van der Waals surface area (Å²) in [6, 6.07) is 15.5. The summed E-state index contributed by atoms with van der Waals surface area (Å²) in [5, 5.41) is 11.6. The van der Waals surface area contributed by atoms with Crippen LogP contribution in [-0.2, 0) is 22.1 Å². The van der Waals surface area contributed by atoms with E-state index in [0.717, 1.165) is 29.0 Å². The van der Waals surface area contributed by atoms with Crippen LogP contribution >= 0.6 is 0 Å². The summed E-state index contributed by atoms with van der Waals surface area (Å²) in [5.74, 6) is 0.743. The van der Waals surface area contributed by atoms with Gasteiger partial charge in [-0.1, -0.05) is 31.2 Å². The molecule has 0 fully saturated rings. The molecule has 0 aliphatic carbocycles. The van der Waals surface area contributed by atoms with E-state index >= 15 is 0 Å². The minimum Gasteiger partial charge on any atom is -0.415 e. The highest BCUT2D eigenvalue weighted by atomic mass is 32.2. The van der Waals surface area contributed by atoms with E-state index in [1.165, 1.54) is 5.56 Å². The van der Waals surface area contributed by atoms with Crippen molar-refractivity contribution in [2.75, 3.05) is 20.8 Å². The average Bonchev–Trinajstić information content (AvgIpc) is 3.38. The molecule has 3 N–H and O–H groups in total. The zero-order valence-corrected chi connectivity index (χ0v) is 21.6. The number of aromatic nitrogens is 4. The maximum atomic E-state index is 12.7. The fraction of sp³-hybridized carbons (Fsp3) is 0.308. The van der Waals surface area contributed by atoms with Crippen molar-refractivity contribution in [1.29, 1.82) is 0 Å². The fourth-order valence-electron chi connectivity index (χ4n) is 3.58. The molecule has 2 aromatic heterocycles. The number of methoxy groups -OCH3 is 1. The van der Waals surface area contributed by atoms with Crippen molar-refractivity contribution in [1.82, 2.24) is 25.5 Å². The van der Waals surface area contributed by atoms with Crippen molar-refractivity contribution >= 4 is 10.8 Å². The van der Waals surface area contributed by atoms with Gasteiger partial charge in [-0.3, -0.25) is 9.19 Å². The Kier molecular flexibility index (Phi) is 9.54. The lowest BCUT2D eigenvalue weighted by atomic mass is 10.1. The Morgan fingerprint density at radius 1 is 1.06 bits per heavy atom. The first-order valence-electron chi connectivity index (χ1n) is 11.4. The standard InChI is InChI=1S/C26H29N5O3S.H2O.H2/c1-17(13-14-33-4)35(32)22-11-9-20(10-12-22)23-16-28-18(2)24(29-23)26-31-30-25(34-26)21-7-5-19(6-8-21)15-27-3;;/h5-12,16-17,27H,13-15H2,1-4H3;1H2;1H. The second kappa shape index (κ2) is 12.6. The molecule has 0 aliphatic rings. The van der Waals surface area contributed by atoms with E-state index in [2.05, 4.69) is 20.5 Å². The zero-order chi connectivity index (χ0) is 24.8. The van der Waals surface area contributed by atoms with Crippen LogP contribution in [0.4, 0.5) is 0 Å². The van der Waals surface area contributed by atoms with Crippen LogP contribution in [0.5, 0.6) is 0 Å². The van der Waals surface area contributed by atoms with Crippen molar-refractivity contribution in [2.24, 2.45) is 0 Å². The lowest BCUT2D eigenvalue weighted by Crippen LogP contribution is -2.13. The van der Waals surface area contributed by atoms with Gasteiger partial charge in [0.2, 0.25) is 5.89 Å². The van der Waals surface area contributed by atoms with Crippen LogP contribution in [0.3, 0.4) is 0 Å². The van der Waals surface area contributed by atoms with Crippen LogP contribution in [0.2, 0.25) is 0 Å². The van der Waals surface area contributed by atoms with Crippen molar-refractivity contribution in [3.63, 3.8) is 0 Å². The molecule has 0 amide bonds. The molecule has 4 rings (SSSR count). The molecule has 192 valence electrons. The van der Waals surface area contributed by atoms with Crippen molar-refractivity contribution in [3.05, 3.63) is 66.0 Å². The van der Waals surface area contributed by atoms with Gasteiger partial charge in [-0.15, -0.1) is 10.2 Å². The van der Waals surface area contributed by atoms with Gasteiger partial charge in [-0.25, -0.2) is 4.98 Å². The van der Waals surface area contributed by atoms with Gasteiger partial charge < -0.3 is 19.9 Å². The van der Waals surface area contributed by atoms with Gasteiger partial charge in [0, 0.05) is 43.0 Å². The third-order valence-corrected chi connectivity index (χ3v) is 7.34. The number of nitrogens with zero attached hydrogens (tertiary/aromatic N) is 4. The lowest BCUT2D eigenvalue weighted by molar-refractivity contribution is 0.195. The Labute approximate surface area is 214 Å². The molecule has 2 heterocycles. The Morgan fingerprint density at radius 2 is 1.72 bits per heavy atom. The molecule has 0 radical (unpaired) electrons. The molecule has 2 unspecified atom stereocenters. The fourth-order valence-corrected chi connectivity index (χ4v) is 4.76. The molecule has 0 saturated heterocycles. The van der Waals surface area contributed by atoms with Crippen molar-refractivity contribution < 1.29 is 20.3 Å². The topological polar surface area (TPSA) is 135 Å². The Balaban J connectivity index is 0.00000241. The number of ether oxygens (including phenoxy) is 1. The largest absolute Gasteiger partial charge is 0.415 e. The van der Waals surface area contributed by atoms with Crippen LogP contribution in [0.1, 0.15) is 26.0 Å². The molecule has 0 bridgehead atoms. The highest BCUT2D eigenvalue weighted by molar-refractivity contribution is 7.85. The molecule has 2 aromatic carbocycles. The van der Waals surface area contributed by atoms with Gasteiger partial charge in [0.1, 0.15) is 5.69 Å². The van der Waals surface area contributed by atoms with Crippen LogP contribution in [0.15, 0.2) is 64.0 Å². The number of hydrogen-bond acceptors (Lipinski definition) is 8. The predicted molar refractivity (Wildman–Crippen MR) is 142 cm³/mol. The third-order valence-electron chi connectivity index (χ3n) is 5.64. The molecule has 9 nitrogen and oxygen atoms in total. The SMILES string of the molecule is CNCc1ccc(-c2nnc(-c3nc(-c4ccc(S(=O)C(C)CCOC)cc4)cnc3C)o2)cc1.O.[HH]. The van der Waals surface area contributed by atoms with Crippen molar-refractivity contribution in [3.8, 4) is 34.3 Å². The quantitative estimate of drug-likeness (QED) is 0.339. The molecular formula is C26H33N5O4S. The summed E-state index contributed by atoms with van der Waals surface area (Å²) < 4.78 is 23.8. The van der Waals surface area contributed by atoms with Gasteiger partial charge in [-0.05, 0) is 50.2 Å². The summed E-state index contributed by atoms with van der Waals surface area (Å²) in [4.78, 5) is 10.0. The zero-order valence-electron chi connectivity index (χ0n) is 20.8. The van der Waals surface area contributed by atoms with E-state index in [9.17, 15) is 4.21 Å². The smallest absolute Gasteiger partial charge is 0.268 e. The first-order valence-corrected chi connectivity index (χ1v) is 12.6. The van der Waals surface area contributed by atoms with E-state index in [-0.39, 0.29) is 12.2 Å². The monoisotopic (exact) mass is 511 g/mol. The van der Waals surface area contributed by atoms with E-state index in [1.54, 1.807) is 13.3 Å². The minimum absolute atomic E-state index is 0. The summed E-state index contributed by atoms with van der Waals surface area (Å²) in [6.07, 6.45) is 2.45. The maximum absolute atomic E-state index is 12.7. The Bertz CT molecular complexity index is 1300. The minimum atomic E-state index is -1.10. The number of hydrogen-bond donors (Lipinski definition) is 1. The summed E-state index contributed by atoms with van der Waals surface area (Å²) in [5.41, 5.74) is 4.78. The second-order valence-electron chi connectivity index (χ2n) is 8.24. The predicted octanol–water partition coefficient (Wildman–Crippen LogP) is 3.84. The van der Waals surface area contributed by atoms with E-state index in [4.69, 9.17) is 14.1 Å². The van der Waals surface area contributed by atoms with Crippen LogP contribution in [0.25, 0.3) is 34.3 Å². The number of rotatable bonds is 10. The molecule has 10 heteroatoms. The highest BCUT2D eigenvalue weighted by Crippen LogP contribution is 2.27. The van der Waals surface area contributed by atoms with Gasteiger partial charge in [-0.2, -0.15) is 0 Å². The molecule has 0 aliphatic heterocycles. The molecule has 2 atom stereocenters. The third kappa shape index (κ3) is 6.27. The average molecular weight is 512 g/mol. The first kappa shape index (κ1) is 27.3. The van der Waals surface area contributed by atoms with Gasteiger partial charge >= 0.3 is 0 Å². The van der Waals surface area contributed by atoms with Gasteiger partial charge in [0.15, 0.2) is 0 Å². The summed E-state index contributed by atoms with van der Waals surface area (Å²) in [6.45, 7) is 5.21. The summed E-state index contributed by atoms with van der Waals surface area (Å²) in [7, 11) is 2.46. The highest BCUT2D eigenvalue weighted by Gasteiger charge is 2.17. The van der Waals surface area contributed by atoms with Gasteiger partial charge in [0.25, 0.3) is 5.89 Å². The van der Waals surface area contributed by atoms with Crippen LogP contribution in [0, 0.1) is 6.92 Å². The normalized spacial score (nSPS) is 12.7. The second-order valence-corrected chi connectivity index (χ2v) is 10.1. The Morgan fingerprint density at radius 3 is 2.39 bits per heavy atom. The first-order chi connectivity index (χ1) is 17.0.